The van der Waals surface area contributed by atoms with Gasteiger partial charge in [-0.2, -0.15) is 0 Å². The molecule has 0 spiro atoms. The standard InChI is InChI=1S/C24H30O/c1-6-18(16-17-10-12-19(25)13-11-17)20-8-7-9-21-22(20)24(4,5)15-14-23(21,2)3/h6-13,25H,14-16H2,1-5H3. The van der Waals surface area contributed by atoms with E-state index in [9.17, 15) is 5.11 Å². The van der Waals surface area contributed by atoms with Crippen LogP contribution in [0.2, 0.25) is 0 Å². The molecule has 0 atom stereocenters. The molecule has 2 aromatic rings. The lowest BCUT2D eigenvalue weighted by Gasteiger charge is -2.43. The molecule has 0 unspecified atom stereocenters. The number of aromatic hydroxyl groups is 1. The number of phenols is 1. The van der Waals surface area contributed by atoms with E-state index < -0.39 is 0 Å². The van der Waals surface area contributed by atoms with Crippen molar-refractivity contribution < 1.29 is 5.11 Å². The van der Waals surface area contributed by atoms with Crippen LogP contribution in [0.15, 0.2) is 48.5 Å². The fraction of sp³-hybridized carbons (Fsp3) is 0.417. The highest BCUT2D eigenvalue weighted by Gasteiger charge is 2.38. The normalized spacial score (nSPS) is 18.7. The molecule has 0 amide bonds. The maximum atomic E-state index is 9.53. The summed E-state index contributed by atoms with van der Waals surface area (Å²) in [5, 5.41) is 9.53. The summed E-state index contributed by atoms with van der Waals surface area (Å²) in [6.45, 7) is 11.7. The van der Waals surface area contributed by atoms with E-state index in [1.54, 1.807) is 12.1 Å². The van der Waals surface area contributed by atoms with Gasteiger partial charge in [-0.05, 0) is 77.0 Å². The summed E-state index contributed by atoms with van der Waals surface area (Å²) < 4.78 is 0. The Hall–Kier alpha value is -2.02. The van der Waals surface area contributed by atoms with Gasteiger partial charge in [-0.25, -0.2) is 0 Å². The lowest BCUT2D eigenvalue weighted by molar-refractivity contribution is 0.331. The average Bonchev–Trinajstić information content (AvgIpc) is 2.58. The monoisotopic (exact) mass is 334 g/mol. The van der Waals surface area contributed by atoms with Crippen LogP contribution in [0.1, 0.15) is 69.7 Å². The Kier molecular flexibility index (Phi) is 4.53. The van der Waals surface area contributed by atoms with E-state index in [-0.39, 0.29) is 10.8 Å². The van der Waals surface area contributed by atoms with Crippen LogP contribution in [-0.4, -0.2) is 5.11 Å². The fourth-order valence-corrected chi connectivity index (χ4v) is 4.18. The second-order valence-corrected chi connectivity index (χ2v) is 8.65. The molecule has 0 bridgehead atoms. The summed E-state index contributed by atoms with van der Waals surface area (Å²) in [4.78, 5) is 0. The van der Waals surface area contributed by atoms with Crippen LogP contribution in [0, 0.1) is 0 Å². The third-order valence-electron chi connectivity index (χ3n) is 5.87. The van der Waals surface area contributed by atoms with E-state index in [1.165, 1.54) is 40.7 Å². The largest absolute Gasteiger partial charge is 0.508 e. The zero-order valence-electron chi connectivity index (χ0n) is 16.2. The first kappa shape index (κ1) is 17.8. The first-order valence-corrected chi connectivity index (χ1v) is 9.32. The zero-order valence-corrected chi connectivity index (χ0v) is 16.2. The first-order chi connectivity index (χ1) is 11.7. The Morgan fingerprint density at radius 1 is 0.960 bits per heavy atom. The second kappa shape index (κ2) is 6.37. The van der Waals surface area contributed by atoms with E-state index in [4.69, 9.17) is 0 Å². The molecule has 0 fully saturated rings. The number of allylic oxidation sites excluding steroid dienone is 2. The van der Waals surface area contributed by atoms with E-state index in [0.29, 0.717) is 5.75 Å². The fourth-order valence-electron chi connectivity index (χ4n) is 4.18. The quantitative estimate of drug-likeness (QED) is 0.690. The van der Waals surface area contributed by atoms with Gasteiger partial charge in [0, 0.05) is 0 Å². The van der Waals surface area contributed by atoms with Crippen molar-refractivity contribution in [1.82, 2.24) is 0 Å². The minimum absolute atomic E-state index is 0.199. The minimum Gasteiger partial charge on any atom is -0.508 e. The maximum absolute atomic E-state index is 9.53. The maximum Gasteiger partial charge on any atom is 0.115 e. The van der Waals surface area contributed by atoms with Crippen molar-refractivity contribution in [3.63, 3.8) is 0 Å². The lowest BCUT2D eigenvalue weighted by Crippen LogP contribution is -2.34. The molecule has 1 aliphatic carbocycles. The Balaban J connectivity index is 2.09. The molecule has 1 heteroatoms. The molecular weight excluding hydrogens is 304 g/mol. The molecule has 0 aromatic heterocycles. The molecule has 0 saturated carbocycles. The third kappa shape index (κ3) is 3.38. The van der Waals surface area contributed by atoms with E-state index >= 15 is 0 Å². The van der Waals surface area contributed by atoms with E-state index in [2.05, 4.69) is 58.9 Å². The van der Waals surface area contributed by atoms with Gasteiger partial charge in [0.25, 0.3) is 0 Å². The Bertz CT molecular complexity index is 791. The first-order valence-electron chi connectivity index (χ1n) is 9.32. The highest BCUT2D eigenvalue weighted by Crippen LogP contribution is 2.48. The SMILES string of the molecule is CC=C(Cc1ccc(O)cc1)c1cccc2c1C(C)(C)CCC2(C)C. The number of phenolic OH excluding ortho intramolecular Hbond substituents is 1. The molecule has 1 aliphatic rings. The van der Waals surface area contributed by atoms with Crippen LogP contribution in [0.25, 0.3) is 5.57 Å². The van der Waals surface area contributed by atoms with Crippen molar-refractivity contribution >= 4 is 5.57 Å². The number of rotatable bonds is 3. The van der Waals surface area contributed by atoms with Gasteiger partial charge >= 0.3 is 0 Å². The van der Waals surface area contributed by atoms with Crippen molar-refractivity contribution in [3.05, 3.63) is 70.8 Å². The van der Waals surface area contributed by atoms with Gasteiger partial charge in [0.15, 0.2) is 0 Å². The molecule has 0 saturated heterocycles. The molecule has 0 heterocycles. The van der Waals surface area contributed by atoms with E-state index in [1.807, 2.05) is 12.1 Å². The van der Waals surface area contributed by atoms with Gasteiger partial charge in [0.2, 0.25) is 0 Å². The van der Waals surface area contributed by atoms with Gasteiger partial charge < -0.3 is 5.11 Å². The van der Waals surface area contributed by atoms with Crippen LogP contribution in [0.5, 0.6) is 5.75 Å². The second-order valence-electron chi connectivity index (χ2n) is 8.65. The van der Waals surface area contributed by atoms with Gasteiger partial charge in [0.1, 0.15) is 5.75 Å². The molecule has 0 aliphatic heterocycles. The summed E-state index contributed by atoms with van der Waals surface area (Å²) in [5.41, 5.74) is 7.46. The lowest BCUT2D eigenvalue weighted by atomic mass is 9.61. The predicted molar refractivity (Wildman–Crippen MR) is 107 cm³/mol. The summed E-state index contributed by atoms with van der Waals surface area (Å²) >= 11 is 0. The molecule has 1 N–H and O–H groups in total. The van der Waals surface area contributed by atoms with Gasteiger partial charge in [-0.15, -0.1) is 0 Å². The summed E-state index contributed by atoms with van der Waals surface area (Å²) in [6.07, 6.45) is 5.60. The predicted octanol–water partition coefficient (Wildman–Crippen LogP) is 6.39. The number of hydrogen-bond donors (Lipinski definition) is 1. The highest BCUT2D eigenvalue weighted by atomic mass is 16.3. The Labute approximate surface area is 152 Å². The Morgan fingerprint density at radius 3 is 2.24 bits per heavy atom. The third-order valence-corrected chi connectivity index (χ3v) is 5.87. The molecule has 2 aromatic carbocycles. The van der Waals surface area contributed by atoms with Crippen molar-refractivity contribution in [2.45, 2.75) is 64.7 Å². The van der Waals surface area contributed by atoms with E-state index in [0.717, 1.165) is 6.42 Å². The van der Waals surface area contributed by atoms with Gasteiger partial charge in [0.05, 0.1) is 0 Å². The van der Waals surface area contributed by atoms with Crippen LogP contribution < -0.4 is 0 Å². The number of fused-ring (bicyclic) bond motifs is 1. The zero-order chi connectivity index (χ0) is 18.2. The van der Waals surface area contributed by atoms with Gasteiger partial charge in [-0.3, -0.25) is 0 Å². The summed E-state index contributed by atoms with van der Waals surface area (Å²) in [5.74, 6) is 0.325. The molecule has 1 nitrogen and oxygen atoms in total. The molecule has 0 radical (unpaired) electrons. The molecule has 25 heavy (non-hydrogen) atoms. The van der Waals surface area contributed by atoms with Crippen molar-refractivity contribution in [3.8, 4) is 5.75 Å². The van der Waals surface area contributed by atoms with Crippen molar-refractivity contribution in [1.29, 1.82) is 0 Å². The smallest absolute Gasteiger partial charge is 0.115 e. The van der Waals surface area contributed by atoms with Crippen LogP contribution >= 0.6 is 0 Å². The summed E-state index contributed by atoms with van der Waals surface area (Å²) in [6, 6.07) is 14.4. The number of hydrogen-bond acceptors (Lipinski definition) is 1. The van der Waals surface area contributed by atoms with Crippen molar-refractivity contribution in [2.75, 3.05) is 0 Å². The minimum atomic E-state index is 0.199. The van der Waals surface area contributed by atoms with Crippen LogP contribution in [0.4, 0.5) is 0 Å². The molecule has 132 valence electrons. The molecular formula is C24H30O. The summed E-state index contributed by atoms with van der Waals surface area (Å²) in [7, 11) is 0. The highest BCUT2D eigenvalue weighted by molar-refractivity contribution is 5.73. The Morgan fingerprint density at radius 2 is 1.60 bits per heavy atom. The topological polar surface area (TPSA) is 20.2 Å². The van der Waals surface area contributed by atoms with Gasteiger partial charge in [-0.1, -0.05) is 64.1 Å². The van der Waals surface area contributed by atoms with Crippen molar-refractivity contribution in [2.24, 2.45) is 0 Å². The molecule has 3 rings (SSSR count). The average molecular weight is 335 g/mol. The van der Waals surface area contributed by atoms with Crippen LogP contribution in [0.3, 0.4) is 0 Å². The number of benzene rings is 2. The van der Waals surface area contributed by atoms with Crippen LogP contribution in [-0.2, 0) is 17.3 Å².